The molecule has 0 unspecified atom stereocenters. The summed E-state index contributed by atoms with van der Waals surface area (Å²) in [6.45, 7) is 1.68. The van der Waals surface area contributed by atoms with E-state index in [9.17, 15) is 9.59 Å². The Labute approximate surface area is 64.3 Å². The fourth-order valence-electron chi connectivity index (χ4n) is 1.28. The van der Waals surface area contributed by atoms with Crippen LogP contribution in [0.15, 0.2) is 0 Å². The van der Waals surface area contributed by atoms with E-state index in [0.29, 0.717) is 0 Å². The predicted molar refractivity (Wildman–Crippen MR) is 37.7 cm³/mol. The molecule has 1 spiro atoms. The van der Waals surface area contributed by atoms with Crippen LogP contribution in [0.2, 0.25) is 0 Å². The Kier molecular flexibility index (Phi) is 1.06. The van der Waals surface area contributed by atoms with E-state index in [1.807, 2.05) is 0 Å². The first-order chi connectivity index (χ1) is 5.14. The number of nitrogens with one attached hydrogen (secondary N) is 2. The summed E-state index contributed by atoms with van der Waals surface area (Å²) in [5.41, 5.74) is -0.510. The van der Waals surface area contributed by atoms with Gasteiger partial charge in [0.05, 0.1) is 0 Å². The lowest BCUT2D eigenvalue weighted by Gasteiger charge is -2.27. The average molecular weight is 154 g/mol. The molecule has 11 heavy (non-hydrogen) atoms. The van der Waals surface area contributed by atoms with Gasteiger partial charge in [-0.1, -0.05) is 0 Å². The molecule has 2 aliphatic rings. The molecule has 60 valence electrons. The Hall–Kier alpha value is -1.06. The SMILES string of the molecule is C[C@H]1NC(=O)C2(CC2)NC1=O. The van der Waals surface area contributed by atoms with E-state index in [4.69, 9.17) is 0 Å². The zero-order valence-electron chi connectivity index (χ0n) is 6.31. The van der Waals surface area contributed by atoms with Crippen molar-refractivity contribution in [2.75, 3.05) is 0 Å². The summed E-state index contributed by atoms with van der Waals surface area (Å²) in [6, 6.07) is -0.367. The molecular weight excluding hydrogens is 144 g/mol. The first-order valence-corrected chi connectivity index (χ1v) is 3.77. The van der Waals surface area contributed by atoms with Crippen molar-refractivity contribution in [3.05, 3.63) is 0 Å². The highest BCUT2D eigenvalue weighted by Crippen LogP contribution is 2.37. The maximum absolute atomic E-state index is 11.2. The van der Waals surface area contributed by atoms with Gasteiger partial charge in [0.15, 0.2) is 0 Å². The maximum Gasteiger partial charge on any atom is 0.246 e. The molecule has 1 saturated heterocycles. The van der Waals surface area contributed by atoms with Crippen molar-refractivity contribution in [2.24, 2.45) is 0 Å². The summed E-state index contributed by atoms with van der Waals surface area (Å²) in [7, 11) is 0. The molecule has 2 N–H and O–H groups in total. The highest BCUT2D eigenvalue weighted by molar-refractivity contribution is 6.01. The average Bonchev–Trinajstić information content (AvgIpc) is 2.66. The Morgan fingerprint density at radius 1 is 1.45 bits per heavy atom. The third-order valence-electron chi connectivity index (χ3n) is 2.29. The minimum atomic E-state index is -0.510. The minimum Gasteiger partial charge on any atom is -0.343 e. The normalized spacial score (nSPS) is 33.0. The van der Waals surface area contributed by atoms with Gasteiger partial charge >= 0.3 is 0 Å². The molecular formula is C7H10N2O2. The summed E-state index contributed by atoms with van der Waals surface area (Å²) < 4.78 is 0. The Morgan fingerprint density at radius 2 is 2.09 bits per heavy atom. The van der Waals surface area contributed by atoms with E-state index in [1.165, 1.54) is 0 Å². The number of carbonyl (C=O) groups excluding carboxylic acids is 2. The Balaban J connectivity index is 2.18. The molecule has 1 atom stereocenters. The van der Waals surface area contributed by atoms with Gasteiger partial charge in [-0.25, -0.2) is 0 Å². The first-order valence-electron chi connectivity index (χ1n) is 3.77. The van der Waals surface area contributed by atoms with Crippen molar-refractivity contribution in [3.8, 4) is 0 Å². The van der Waals surface area contributed by atoms with Crippen LogP contribution in [-0.2, 0) is 9.59 Å². The third-order valence-corrected chi connectivity index (χ3v) is 2.29. The van der Waals surface area contributed by atoms with Crippen LogP contribution in [0.5, 0.6) is 0 Å². The van der Waals surface area contributed by atoms with Crippen LogP contribution >= 0.6 is 0 Å². The lowest BCUT2D eigenvalue weighted by molar-refractivity contribution is -0.137. The first kappa shape index (κ1) is 6.64. The minimum absolute atomic E-state index is 0.0235. The molecule has 1 heterocycles. The fraction of sp³-hybridized carbons (Fsp3) is 0.714. The van der Waals surface area contributed by atoms with Gasteiger partial charge < -0.3 is 10.6 Å². The zero-order valence-corrected chi connectivity index (χ0v) is 6.31. The van der Waals surface area contributed by atoms with Gasteiger partial charge in [-0.15, -0.1) is 0 Å². The molecule has 0 bridgehead atoms. The molecule has 0 radical (unpaired) electrons. The van der Waals surface area contributed by atoms with E-state index in [-0.39, 0.29) is 17.9 Å². The maximum atomic E-state index is 11.2. The standard InChI is InChI=1S/C7H10N2O2/c1-4-5(10)9-7(2-3-7)6(11)8-4/h4H,2-3H2,1H3,(H,8,11)(H,9,10)/t4-/m1/s1. The summed E-state index contributed by atoms with van der Waals surface area (Å²) in [4.78, 5) is 22.3. The van der Waals surface area contributed by atoms with E-state index in [1.54, 1.807) is 6.92 Å². The van der Waals surface area contributed by atoms with E-state index in [2.05, 4.69) is 10.6 Å². The molecule has 4 heteroatoms. The summed E-state index contributed by atoms with van der Waals surface area (Å²) in [5, 5.41) is 5.35. The second-order valence-corrected chi connectivity index (χ2v) is 3.27. The number of carbonyl (C=O) groups is 2. The van der Waals surface area contributed by atoms with Gasteiger partial charge in [0, 0.05) is 0 Å². The van der Waals surface area contributed by atoms with E-state index < -0.39 is 5.54 Å². The fourth-order valence-corrected chi connectivity index (χ4v) is 1.28. The summed E-state index contributed by atoms with van der Waals surface area (Å²) >= 11 is 0. The van der Waals surface area contributed by atoms with Crippen LogP contribution in [0.3, 0.4) is 0 Å². The van der Waals surface area contributed by atoms with Crippen LogP contribution < -0.4 is 10.6 Å². The molecule has 1 aliphatic heterocycles. The Morgan fingerprint density at radius 3 is 2.64 bits per heavy atom. The second-order valence-electron chi connectivity index (χ2n) is 3.27. The third kappa shape index (κ3) is 0.818. The molecule has 0 aromatic rings. The second kappa shape index (κ2) is 1.75. The lowest BCUT2D eigenvalue weighted by atomic mass is 10.1. The number of rotatable bonds is 0. The molecule has 1 aliphatic carbocycles. The van der Waals surface area contributed by atoms with Crippen LogP contribution in [-0.4, -0.2) is 23.4 Å². The molecule has 4 nitrogen and oxygen atoms in total. The molecule has 2 fully saturated rings. The highest BCUT2D eigenvalue weighted by Gasteiger charge is 2.54. The predicted octanol–water partition coefficient (Wildman–Crippen LogP) is -0.847. The van der Waals surface area contributed by atoms with Gasteiger partial charge in [-0.2, -0.15) is 0 Å². The largest absolute Gasteiger partial charge is 0.343 e. The van der Waals surface area contributed by atoms with Crippen molar-refractivity contribution >= 4 is 11.8 Å². The van der Waals surface area contributed by atoms with Gasteiger partial charge in [0.25, 0.3) is 0 Å². The van der Waals surface area contributed by atoms with Crippen molar-refractivity contribution in [1.82, 2.24) is 10.6 Å². The van der Waals surface area contributed by atoms with Crippen molar-refractivity contribution in [3.63, 3.8) is 0 Å². The van der Waals surface area contributed by atoms with Crippen molar-refractivity contribution < 1.29 is 9.59 Å². The number of amides is 2. The monoisotopic (exact) mass is 154 g/mol. The quantitative estimate of drug-likeness (QED) is 0.477. The molecule has 1 saturated carbocycles. The highest BCUT2D eigenvalue weighted by atomic mass is 16.2. The van der Waals surface area contributed by atoms with Crippen molar-refractivity contribution in [1.29, 1.82) is 0 Å². The number of piperazine rings is 1. The van der Waals surface area contributed by atoms with Crippen LogP contribution in [0.1, 0.15) is 19.8 Å². The van der Waals surface area contributed by atoms with Crippen LogP contribution in [0, 0.1) is 0 Å². The van der Waals surface area contributed by atoms with E-state index in [0.717, 1.165) is 12.8 Å². The lowest BCUT2D eigenvalue weighted by Crippen LogP contribution is -2.62. The summed E-state index contributed by atoms with van der Waals surface area (Å²) in [5.74, 6) is -0.0910. The molecule has 2 amide bonds. The van der Waals surface area contributed by atoms with Gasteiger partial charge in [-0.05, 0) is 19.8 Å². The Bertz CT molecular complexity index is 233. The van der Waals surface area contributed by atoms with Gasteiger partial charge in [-0.3, -0.25) is 9.59 Å². The smallest absolute Gasteiger partial charge is 0.246 e. The van der Waals surface area contributed by atoms with Gasteiger partial charge in [0.1, 0.15) is 11.6 Å². The van der Waals surface area contributed by atoms with Gasteiger partial charge in [0.2, 0.25) is 11.8 Å². The number of hydrogen-bond donors (Lipinski definition) is 2. The van der Waals surface area contributed by atoms with E-state index >= 15 is 0 Å². The number of hydrogen-bond acceptors (Lipinski definition) is 2. The van der Waals surface area contributed by atoms with Crippen LogP contribution in [0.4, 0.5) is 0 Å². The molecule has 0 aromatic heterocycles. The molecule has 0 aromatic carbocycles. The van der Waals surface area contributed by atoms with Crippen LogP contribution in [0.25, 0.3) is 0 Å². The summed E-state index contributed by atoms with van der Waals surface area (Å²) in [6.07, 6.45) is 1.58. The molecule has 2 rings (SSSR count). The topological polar surface area (TPSA) is 58.2 Å². The van der Waals surface area contributed by atoms with Crippen molar-refractivity contribution in [2.45, 2.75) is 31.3 Å². The zero-order chi connectivity index (χ0) is 8.06.